The summed E-state index contributed by atoms with van der Waals surface area (Å²) in [7, 11) is 0. The molecular weight excluding hydrogens is 278 g/mol. The Labute approximate surface area is 129 Å². The average molecular weight is 293 g/mol. The fourth-order valence-corrected chi connectivity index (χ4v) is 1.72. The van der Waals surface area contributed by atoms with Crippen LogP contribution in [-0.4, -0.2) is 18.5 Å². The summed E-state index contributed by atoms with van der Waals surface area (Å²) in [5.41, 5.74) is 1.80. The van der Waals surface area contributed by atoms with Crippen LogP contribution in [-0.2, 0) is 9.53 Å². The van der Waals surface area contributed by atoms with E-state index in [1.54, 1.807) is 43.3 Å². The van der Waals surface area contributed by atoms with Crippen LogP contribution in [0.25, 0.3) is 0 Å². The minimum Gasteiger partial charge on any atom is -0.462 e. The minimum absolute atomic E-state index is 0.333. The number of esters is 1. The number of rotatable bonds is 3. The quantitative estimate of drug-likeness (QED) is 0.699. The van der Waals surface area contributed by atoms with Crippen LogP contribution in [0.3, 0.4) is 0 Å². The molecule has 0 fully saturated rings. The molecule has 0 saturated heterocycles. The Morgan fingerprint density at radius 1 is 1.05 bits per heavy atom. The molecule has 0 spiro atoms. The third kappa shape index (κ3) is 4.50. The zero-order valence-corrected chi connectivity index (χ0v) is 12.1. The number of para-hydroxylation sites is 1. The van der Waals surface area contributed by atoms with E-state index in [2.05, 4.69) is 17.2 Å². The molecule has 1 amide bonds. The molecule has 0 aliphatic carbocycles. The number of hydrogen-bond donors (Lipinski definition) is 1. The Morgan fingerprint density at radius 2 is 1.73 bits per heavy atom. The Bertz CT molecular complexity index is 709. The van der Waals surface area contributed by atoms with Gasteiger partial charge in [0.15, 0.2) is 0 Å². The maximum absolute atomic E-state index is 11.7. The summed E-state index contributed by atoms with van der Waals surface area (Å²) < 4.78 is 4.89. The van der Waals surface area contributed by atoms with Gasteiger partial charge < -0.3 is 10.1 Å². The Kier molecular flexibility index (Phi) is 5.33. The van der Waals surface area contributed by atoms with Gasteiger partial charge >= 0.3 is 11.9 Å². The first-order valence-corrected chi connectivity index (χ1v) is 6.84. The van der Waals surface area contributed by atoms with E-state index in [1.165, 1.54) is 0 Å². The lowest BCUT2D eigenvalue weighted by molar-refractivity contribution is -0.111. The van der Waals surface area contributed by atoms with Crippen LogP contribution in [0.15, 0.2) is 54.6 Å². The number of benzene rings is 2. The molecule has 0 aliphatic heterocycles. The molecule has 110 valence electrons. The second-order valence-corrected chi connectivity index (χ2v) is 4.37. The summed E-state index contributed by atoms with van der Waals surface area (Å²) in [5.74, 6) is 4.49. The number of nitrogens with one attached hydrogen (secondary N) is 1. The first-order valence-electron chi connectivity index (χ1n) is 6.84. The number of carbonyl (C=O) groups is 2. The molecule has 2 rings (SSSR count). The van der Waals surface area contributed by atoms with Gasteiger partial charge in [0.2, 0.25) is 0 Å². The summed E-state index contributed by atoms with van der Waals surface area (Å²) in [5, 5.41) is 2.67. The molecule has 0 saturated carbocycles. The topological polar surface area (TPSA) is 55.4 Å². The zero-order chi connectivity index (χ0) is 15.8. The van der Waals surface area contributed by atoms with Crippen molar-refractivity contribution in [3.8, 4) is 11.8 Å². The Morgan fingerprint density at radius 3 is 2.36 bits per heavy atom. The first-order chi connectivity index (χ1) is 10.7. The molecule has 4 heteroatoms. The minimum atomic E-state index is -0.388. The van der Waals surface area contributed by atoms with Gasteiger partial charge in [-0.05, 0) is 43.3 Å². The zero-order valence-electron chi connectivity index (χ0n) is 12.1. The van der Waals surface area contributed by atoms with E-state index in [9.17, 15) is 9.59 Å². The van der Waals surface area contributed by atoms with Gasteiger partial charge in [0.1, 0.15) is 0 Å². The molecular formula is C18H15NO3. The van der Waals surface area contributed by atoms with Gasteiger partial charge in [-0.1, -0.05) is 24.1 Å². The maximum atomic E-state index is 11.7. The van der Waals surface area contributed by atoms with Crippen molar-refractivity contribution in [1.82, 2.24) is 0 Å². The molecule has 4 nitrogen and oxygen atoms in total. The fourth-order valence-electron chi connectivity index (χ4n) is 1.72. The van der Waals surface area contributed by atoms with Crippen molar-refractivity contribution in [2.24, 2.45) is 0 Å². The number of amides is 1. The number of anilines is 1. The fraction of sp³-hybridized carbons (Fsp3) is 0.111. The Hall–Kier alpha value is -3.06. The van der Waals surface area contributed by atoms with Crippen LogP contribution in [0.2, 0.25) is 0 Å². The molecule has 22 heavy (non-hydrogen) atoms. The van der Waals surface area contributed by atoms with E-state index in [0.29, 0.717) is 23.4 Å². The van der Waals surface area contributed by atoms with E-state index in [-0.39, 0.29) is 11.9 Å². The SMILES string of the molecule is CCOC(=O)c1ccc(C#CC(=O)Nc2ccccc2)cc1. The van der Waals surface area contributed by atoms with Gasteiger partial charge in [-0.15, -0.1) is 0 Å². The molecule has 0 aliphatic rings. The van der Waals surface area contributed by atoms with E-state index >= 15 is 0 Å². The lowest BCUT2D eigenvalue weighted by Crippen LogP contribution is -2.08. The van der Waals surface area contributed by atoms with Crippen molar-refractivity contribution in [1.29, 1.82) is 0 Å². The summed E-state index contributed by atoms with van der Waals surface area (Å²) in [4.78, 5) is 23.2. The van der Waals surface area contributed by atoms with Crippen LogP contribution in [0.5, 0.6) is 0 Å². The summed E-state index contributed by atoms with van der Waals surface area (Å²) in [6.45, 7) is 2.09. The van der Waals surface area contributed by atoms with Crippen molar-refractivity contribution in [2.75, 3.05) is 11.9 Å². The molecule has 2 aromatic rings. The van der Waals surface area contributed by atoms with Gasteiger partial charge in [0.25, 0.3) is 0 Å². The average Bonchev–Trinajstić information content (AvgIpc) is 2.54. The third-order valence-electron chi connectivity index (χ3n) is 2.75. The lowest BCUT2D eigenvalue weighted by Gasteiger charge is -2.01. The normalized spacial score (nSPS) is 9.32. The summed E-state index contributed by atoms with van der Waals surface area (Å²) in [6, 6.07) is 15.7. The van der Waals surface area contributed by atoms with Crippen molar-refractivity contribution in [3.63, 3.8) is 0 Å². The van der Waals surface area contributed by atoms with Crippen LogP contribution in [0.1, 0.15) is 22.8 Å². The summed E-state index contributed by atoms with van der Waals surface area (Å²) in [6.07, 6.45) is 0. The van der Waals surface area contributed by atoms with E-state index < -0.39 is 0 Å². The van der Waals surface area contributed by atoms with Crippen LogP contribution < -0.4 is 5.32 Å². The van der Waals surface area contributed by atoms with Crippen LogP contribution in [0, 0.1) is 11.8 Å². The highest BCUT2D eigenvalue weighted by molar-refractivity contribution is 6.04. The van der Waals surface area contributed by atoms with Gasteiger partial charge in [-0.2, -0.15) is 0 Å². The molecule has 0 unspecified atom stereocenters. The van der Waals surface area contributed by atoms with Gasteiger partial charge in [-0.25, -0.2) is 4.79 Å². The van der Waals surface area contributed by atoms with E-state index in [4.69, 9.17) is 4.74 Å². The molecule has 0 atom stereocenters. The van der Waals surface area contributed by atoms with E-state index in [0.717, 1.165) is 0 Å². The Balaban J connectivity index is 1.99. The number of hydrogen-bond acceptors (Lipinski definition) is 3. The second-order valence-electron chi connectivity index (χ2n) is 4.37. The van der Waals surface area contributed by atoms with Gasteiger partial charge in [0.05, 0.1) is 12.2 Å². The van der Waals surface area contributed by atoms with Crippen molar-refractivity contribution in [3.05, 3.63) is 65.7 Å². The summed E-state index contributed by atoms with van der Waals surface area (Å²) >= 11 is 0. The van der Waals surface area contributed by atoms with Crippen molar-refractivity contribution >= 4 is 17.6 Å². The monoisotopic (exact) mass is 293 g/mol. The third-order valence-corrected chi connectivity index (χ3v) is 2.75. The molecule has 0 bridgehead atoms. The predicted octanol–water partition coefficient (Wildman–Crippen LogP) is 2.85. The maximum Gasteiger partial charge on any atom is 0.338 e. The van der Waals surface area contributed by atoms with Crippen LogP contribution >= 0.6 is 0 Å². The van der Waals surface area contributed by atoms with E-state index in [1.807, 2.05) is 18.2 Å². The smallest absolute Gasteiger partial charge is 0.338 e. The molecule has 0 radical (unpaired) electrons. The number of carbonyl (C=O) groups excluding carboxylic acids is 2. The highest BCUT2D eigenvalue weighted by atomic mass is 16.5. The van der Waals surface area contributed by atoms with Gasteiger partial charge in [0, 0.05) is 17.2 Å². The largest absolute Gasteiger partial charge is 0.462 e. The van der Waals surface area contributed by atoms with Crippen molar-refractivity contribution < 1.29 is 14.3 Å². The highest BCUT2D eigenvalue weighted by Gasteiger charge is 2.04. The second kappa shape index (κ2) is 7.65. The molecule has 0 aromatic heterocycles. The molecule has 0 heterocycles. The van der Waals surface area contributed by atoms with Crippen molar-refractivity contribution in [2.45, 2.75) is 6.92 Å². The van der Waals surface area contributed by atoms with Gasteiger partial charge in [-0.3, -0.25) is 4.79 Å². The predicted molar refractivity (Wildman–Crippen MR) is 84.3 cm³/mol. The highest BCUT2D eigenvalue weighted by Crippen LogP contribution is 2.06. The molecule has 1 N–H and O–H groups in total. The molecule has 2 aromatic carbocycles. The number of ether oxygens (including phenoxy) is 1. The first kappa shape index (κ1) is 15.3. The lowest BCUT2D eigenvalue weighted by atomic mass is 10.1. The van der Waals surface area contributed by atoms with Crippen LogP contribution in [0.4, 0.5) is 5.69 Å². The standard InChI is InChI=1S/C18H15NO3/c1-2-22-18(21)15-11-8-14(9-12-15)10-13-17(20)19-16-6-4-3-5-7-16/h3-9,11-12H,2H2,1H3,(H,19,20).